The maximum absolute atomic E-state index is 10.9. The van der Waals surface area contributed by atoms with Crippen LogP contribution in [-0.4, -0.2) is 12.6 Å². The van der Waals surface area contributed by atoms with Crippen molar-refractivity contribution < 1.29 is 9.53 Å². The summed E-state index contributed by atoms with van der Waals surface area (Å²) in [4.78, 5) is 10.9. The van der Waals surface area contributed by atoms with Crippen LogP contribution < -0.4 is 0 Å². The topological polar surface area (TPSA) is 26.3 Å². The summed E-state index contributed by atoms with van der Waals surface area (Å²) in [6.07, 6.45) is 7.06. The first-order chi connectivity index (χ1) is 6.83. The lowest BCUT2D eigenvalue weighted by Crippen LogP contribution is -2.01. The number of esters is 1. The Bertz CT molecular complexity index is 278. The van der Waals surface area contributed by atoms with Crippen LogP contribution in [0.25, 0.3) is 0 Å². The summed E-state index contributed by atoms with van der Waals surface area (Å²) in [5.74, 6) is 5.64. The van der Waals surface area contributed by atoms with Gasteiger partial charge in [0.2, 0.25) is 0 Å². The molecule has 2 heteroatoms. The first-order valence-corrected chi connectivity index (χ1v) is 5.16. The first-order valence-electron chi connectivity index (χ1n) is 5.16. The van der Waals surface area contributed by atoms with Crippen molar-refractivity contribution in [2.75, 3.05) is 6.61 Å². The highest BCUT2D eigenvalue weighted by Crippen LogP contribution is 2.15. The van der Waals surface area contributed by atoms with E-state index in [-0.39, 0.29) is 12.4 Å². The summed E-state index contributed by atoms with van der Waals surface area (Å²) in [6.45, 7) is 2.23. The minimum Gasteiger partial charge on any atom is -0.465 e. The fraction of sp³-hybridized carbons (Fsp3) is 0.583. The molecule has 1 rings (SSSR count). The first kappa shape index (κ1) is 10.8. The molecule has 0 unspecified atom stereocenters. The smallest absolute Gasteiger partial charge is 0.317 e. The summed E-state index contributed by atoms with van der Waals surface area (Å²) >= 11 is 0. The van der Waals surface area contributed by atoms with E-state index in [1.807, 2.05) is 0 Å². The van der Waals surface area contributed by atoms with Gasteiger partial charge in [-0.25, -0.2) is 0 Å². The highest BCUT2D eigenvalue weighted by Gasteiger charge is 2.00. The molecule has 14 heavy (non-hydrogen) atoms. The predicted octanol–water partition coefficient (Wildman–Crippen LogP) is 2.44. The van der Waals surface area contributed by atoms with E-state index in [4.69, 9.17) is 4.74 Å². The minimum absolute atomic E-state index is 0.213. The zero-order valence-corrected chi connectivity index (χ0v) is 8.64. The molecular formula is C12H16O2. The van der Waals surface area contributed by atoms with Crippen LogP contribution in [0.3, 0.4) is 0 Å². The zero-order valence-electron chi connectivity index (χ0n) is 8.64. The predicted molar refractivity (Wildman–Crippen MR) is 55.6 cm³/mol. The molecule has 1 aliphatic carbocycles. The monoisotopic (exact) mass is 192 g/mol. The van der Waals surface area contributed by atoms with Crippen molar-refractivity contribution in [3.8, 4) is 11.8 Å². The second-order valence-corrected chi connectivity index (χ2v) is 3.26. The summed E-state index contributed by atoms with van der Waals surface area (Å²) in [7, 11) is 0. The van der Waals surface area contributed by atoms with E-state index in [1.54, 1.807) is 6.92 Å². The lowest BCUT2D eigenvalue weighted by molar-refractivity contribution is -0.141. The third-order valence-corrected chi connectivity index (χ3v) is 2.08. The van der Waals surface area contributed by atoms with Gasteiger partial charge in [-0.2, -0.15) is 0 Å². The number of ether oxygens (including phenoxy) is 1. The van der Waals surface area contributed by atoms with Gasteiger partial charge in [-0.15, -0.1) is 0 Å². The molecule has 0 N–H and O–H groups in total. The Morgan fingerprint density at radius 3 is 3.07 bits per heavy atom. The van der Waals surface area contributed by atoms with Crippen molar-refractivity contribution in [3.05, 3.63) is 11.6 Å². The maximum Gasteiger partial charge on any atom is 0.317 e. The third-order valence-electron chi connectivity index (χ3n) is 2.08. The van der Waals surface area contributed by atoms with Crippen LogP contribution in [0.5, 0.6) is 0 Å². The second-order valence-electron chi connectivity index (χ2n) is 3.26. The van der Waals surface area contributed by atoms with Gasteiger partial charge >= 0.3 is 5.97 Å². The van der Waals surface area contributed by atoms with Crippen LogP contribution in [0.15, 0.2) is 11.6 Å². The number of rotatable bonds is 2. The van der Waals surface area contributed by atoms with Gasteiger partial charge in [0.1, 0.15) is 6.42 Å². The molecule has 0 fully saturated rings. The number of hydrogen-bond acceptors (Lipinski definition) is 2. The quantitative estimate of drug-likeness (QED) is 0.496. The largest absolute Gasteiger partial charge is 0.465 e. The van der Waals surface area contributed by atoms with Gasteiger partial charge in [0.05, 0.1) is 6.61 Å². The molecule has 0 aromatic rings. The zero-order chi connectivity index (χ0) is 10.2. The van der Waals surface area contributed by atoms with E-state index in [2.05, 4.69) is 17.9 Å². The molecule has 0 aliphatic heterocycles. The minimum atomic E-state index is -0.226. The molecule has 1 aliphatic rings. The second kappa shape index (κ2) is 6.26. The Morgan fingerprint density at radius 1 is 1.57 bits per heavy atom. The lowest BCUT2D eigenvalue weighted by Gasteiger charge is -2.05. The molecule has 0 spiro atoms. The van der Waals surface area contributed by atoms with Crippen LogP contribution in [0.4, 0.5) is 0 Å². The maximum atomic E-state index is 10.9. The van der Waals surface area contributed by atoms with E-state index < -0.39 is 0 Å². The lowest BCUT2D eigenvalue weighted by atomic mass is 10.0. The Kier molecular flexibility index (Phi) is 4.85. The molecule has 0 radical (unpaired) electrons. The van der Waals surface area contributed by atoms with Crippen molar-refractivity contribution in [1.29, 1.82) is 0 Å². The highest BCUT2D eigenvalue weighted by molar-refractivity contribution is 5.72. The molecule has 0 aromatic carbocycles. The molecule has 0 amide bonds. The van der Waals surface area contributed by atoms with Gasteiger partial charge in [-0.3, -0.25) is 4.79 Å². The Hall–Kier alpha value is -1.23. The Balaban J connectivity index is 2.32. The van der Waals surface area contributed by atoms with Gasteiger partial charge in [-0.1, -0.05) is 17.9 Å². The van der Waals surface area contributed by atoms with Gasteiger partial charge in [0.25, 0.3) is 0 Å². The highest BCUT2D eigenvalue weighted by atomic mass is 16.5. The average Bonchev–Trinajstić information content (AvgIpc) is 2.20. The van der Waals surface area contributed by atoms with Crippen LogP contribution in [0.2, 0.25) is 0 Å². The van der Waals surface area contributed by atoms with Crippen LogP contribution in [0.1, 0.15) is 39.0 Å². The average molecular weight is 192 g/mol. The van der Waals surface area contributed by atoms with Crippen molar-refractivity contribution in [3.63, 3.8) is 0 Å². The summed E-state index contributed by atoms with van der Waals surface area (Å²) in [6, 6.07) is 0. The van der Waals surface area contributed by atoms with E-state index in [0.29, 0.717) is 6.61 Å². The fourth-order valence-electron chi connectivity index (χ4n) is 1.39. The molecule has 0 saturated carbocycles. The van der Waals surface area contributed by atoms with Gasteiger partial charge in [0, 0.05) is 0 Å². The van der Waals surface area contributed by atoms with Crippen LogP contribution in [0, 0.1) is 11.8 Å². The molecule has 2 nitrogen and oxygen atoms in total. The Labute approximate surface area is 85.3 Å². The number of hydrogen-bond donors (Lipinski definition) is 0. The van der Waals surface area contributed by atoms with Gasteiger partial charge in [0.15, 0.2) is 0 Å². The van der Waals surface area contributed by atoms with E-state index in [0.717, 1.165) is 12.8 Å². The number of carbonyl (C=O) groups is 1. The van der Waals surface area contributed by atoms with E-state index >= 15 is 0 Å². The standard InChI is InChI=1S/C12H16O2/c1-2-14-12(13)10-6-9-11-7-4-3-5-8-11/h7H,2-5,8,10H2,1H3. The molecular weight excluding hydrogens is 176 g/mol. The number of allylic oxidation sites excluding steroid dienone is 2. The van der Waals surface area contributed by atoms with Gasteiger partial charge in [-0.05, 0) is 38.2 Å². The SMILES string of the molecule is CCOC(=O)CC#CC1=CCCCC1. The fourth-order valence-corrected chi connectivity index (χ4v) is 1.39. The normalized spacial score (nSPS) is 15.1. The van der Waals surface area contributed by atoms with E-state index in [9.17, 15) is 4.79 Å². The van der Waals surface area contributed by atoms with Gasteiger partial charge < -0.3 is 4.74 Å². The summed E-state index contributed by atoms with van der Waals surface area (Å²) in [5, 5.41) is 0. The number of carbonyl (C=O) groups excluding carboxylic acids is 1. The van der Waals surface area contributed by atoms with Crippen LogP contribution >= 0.6 is 0 Å². The summed E-state index contributed by atoms with van der Waals surface area (Å²) < 4.78 is 4.77. The van der Waals surface area contributed by atoms with Crippen molar-refractivity contribution in [2.24, 2.45) is 0 Å². The van der Waals surface area contributed by atoms with Crippen molar-refractivity contribution >= 4 is 5.97 Å². The Morgan fingerprint density at radius 2 is 2.43 bits per heavy atom. The van der Waals surface area contributed by atoms with Crippen LogP contribution in [-0.2, 0) is 9.53 Å². The molecule has 0 bridgehead atoms. The molecule has 0 atom stereocenters. The molecule has 0 heterocycles. The summed E-state index contributed by atoms with van der Waals surface area (Å²) in [5.41, 5.74) is 1.18. The van der Waals surface area contributed by atoms with E-state index in [1.165, 1.54) is 18.4 Å². The van der Waals surface area contributed by atoms with Crippen molar-refractivity contribution in [1.82, 2.24) is 0 Å². The molecule has 0 saturated heterocycles. The molecule has 0 aromatic heterocycles. The third kappa shape index (κ3) is 4.13. The molecule has 76 valence electrons. The van der Waals surface area contributed by atoms with Crippen molar-refractivity contribution in [2.45, 2.75) is 39.0 Å².